The summed E-state index contributed by atoms with van der Waals surface area (Å²) in [5.41, 5.74) is 1.23. The van der Waals surface area contributed by atoms with Crippen LogP contribution in [0.25, 0.3) is 0 Å². The first kappa shape index (κ1) is 16.5. The molecule has 0 aliphatic carbocycles. The van der Waals surface area contributed by atoms with E-state index in [-0.39, 0.29) is 0 Å². The Morgan fingerprint density at radius 2 is 2.09 bits per heavy atom. The molecule has 122 valence electrons. The van der Waals surface area contributed by atoms with Crippen molar-refractivity contribution in [2.24, 2.45) is 0 Å². The molecule has 0 bridgehead atoms. The number of hydrogen-bond donors (Lipinski definition) is 1. The van der Waals surface area contributed by atoms with Crippen molar-refractivity contribution < 1.29 is 4.74 Å². The standard InChI is InChI=1S/C17H19Cl2N3O/c18-14-8-15(19)10-16(9-14)23-7-6-22-5-4-21-12-17(22)13-2-1-3-20-11-13/h1-3,8-11,17,21H,4-7,12H2. The van der Waals surface area contributed by atoms with E-state index >= 15 is 0 Å². The number of ether oxygens (including phenoxy) is 1. The Morgan fingerprint density at radius 1 is 1.26 bits per heavy atom. The van der Waals surface area contributed by atoms with Crippen LogP contribution in [0, 0.1) is 0 Å². The Morgan fingerprint density at radius 3 is 2.83 bits per heavy atom. The van der Waals surface area contributed by atoms with Gasteiger partial charge in [0.15, 0.2) is 0 Å². The zero-order valence-electron chi connectivity index (χ0n) is 12.7. The molecule has 1 aliphatic heterocycles. The lowest BCUT2D eigenvalue weighted by molar-refractivity contribution is 0.134. The van der Waals surface area contributed by atoms with Crippen LogP contribution in [-0.4, -0.2) is 42.7 Å². The topological polar surface area (TPSA) is 37.4 Å². The van der Waals surface area contributed by atoms with Crippen molar-refractivity contribution >= 4 is 23.2 Å². The third-order valence-corrected chi connectivity index (χ3v) is 4.34. The lowest BCUT2D eigenvalue weighted by atomic mass is 10.1. The van der Waals surface area contributed by atoms with Crippen molar-refractivity contribution in [3.63, 3.8) is 0 Å². The normalized spacial score (nSPS) is 18.8. The number of rotatable bonds is 5. The van der Waals surface area contributed by atoms with Gasteiger partial charge in [-0.3, -0.25) is 9.88 Å². The van der Waals surface area contributed by atoms with Gasteiger partial charge in [-0.05, 0) is 29.8 Å². The fourth-order valence-corrected chi connectivity index (χ4v) is 3.31. The van der Waals surface area contributed by atoms with Gasteiger partial charge < -0.3 is 10.1 Å². The molecule has 0 spiro atoms. The zero-order valence-corrected chi connectivity index (χ0v) is 14.2. The summed E-state index contributed by atoms with van der Waals surface area (Å²) in [5.74, 6) is 0.704. The van der Waals surface area contributed by atoms with E-state index in [4.69, 9.17) is 27.9 Å². The van der Waals surface area contributed by atoms with Gasteiger partial charge in [-0.2, -0.15) is 0 Å². The highest BCUT2D eigenvalue weighted by Gasteiger charge is 2.23. The van der Waals surface area contributed by atoms with Gasteiger partial charge in [-0.15, -0.1) is 0 Å². The Labute approximate surface area is 146 Å². The van der Waals surface area contributed by atoms with E-state index in [2.05, 4.69) is 21.3 Å². The van der Waals surface area contributed by atoms with Crippen LogP contribution in [0.5, 0.6) is 5.75 Å². The quantitative estimate of drug-likeness (QED) is 0.895. The van der Waals surface area contributed by atoms with Crippen LogP contribution in [0.3, 0.4) is 0 Å². The van der Waals surface area contributed by atoms with E-state index in [1.807, 2.05) is 12.3 Å². The first-order valence-corrected chi connectivity index (χ1v) is 8.41. The molecule has 1 saturated heterocycles. The average molecular weight is 352 g/mol. The molecule has 23 heavy (non-hydrogen) atoms. The van der Waals surface area contributed by atoms with E-state index in [9.17, 15) is 0 Å². The third kappa shape index (κ3) is 4.58. The van der Waals surface area contributed by atoms with E-state index in [1.165, 1.54) is 5.56 Å². The molecule has 1 aromatic carbocycles. The van der Waals surface area contributed by atoms with E-state index in [0.717, 1.165) is 26.2 Å². The molecule has 4 nitrogen and oxygen atoms in total. The summed E-state index contributed by atoms with van der Waals surface area (Å²) >= 11 is 12.0. The predicted octanol–water partition coefficient (Wildman–Crippen LogP) is 3.41. The molecule has 1 atom stereocenters. The Balaban J connectivity index is 1.59. The number of pyridine rings is 1. The molecule has 1 fully saturated rings. The highest BCUT2D eigenvalue weighted by Crippen LogP contribution is 2.25. The molecular formula is C17H19Cl2N3O. The number of halogens is 2. The minimum absolute atomic E-state index is 0.323. The summed E-state index contributed by atoms with van der Waals surface area (Å²) in [7, 11) is 0. The summed E-state index contributed by atoms with van der Waals surface area (Å²) in [6, 6.07) is 9.68. The summed E-state index contributed by atoms with van der Waals surface area (Å²) in [6.45, 7) is 4.33. The second-order valence-corrected chi connectivity index (χ2v) is 6.37. The van der Waals surface area contributed by atoms with Crippen LogP contribution >= 0.6 is 23.2 Å². The molecule has 0 amide bonds. The largest absolute Gasteiger partial charge is 0.492 e. The molecule has 2 heterocycles. The maximum Gasteiger partial charge on any atom is 0.122 e. The maximum absolute atomic E-state index is 5.99. The number of nitrogens with zero attached hydrogens (tertiary/aromatic N) is 2. The maximum atomic E-state index is 5.99. The second kappa shape index (κ2) is 7.97. The van der Waals surface area contributed by atoms with Gasteiger partial charge in [0, 0.05) is 54.7 Å². The van der Waals surface area contributed by atoms with Crippen molar-refractivity contribution in [1.82, 2.24) is 15.2 Å². The highest BCUT2D eigenvalue weighted by molar-refractivity contribution is 6.34. The smallest absolute Gasteiger partial charge is 0.122 e. The Bertz CT molecular complexity index is 619. The van der Waals surface area contributed by atoms with Gasteiger partial charge in [-0.1, -0.05) is 29.3 Å². The first-order valence-electron chi connectivity index (χ1n) is 7.66. The molecule has 3 rings (SSSR count). The highest BCUT2D eigenvalue weighted by atomic mass is 35.5. The van der Waals surface area contributed by atoms with E-state index in [0.29, 0.717) is 28.4 Å². The summed E-state index contributed by atoms with van der Waals surface area (Å²) in [4.78, 5) is 6.64. The lowest BCUT2D eigenvalue weighted by Gasteiger charge is -2.36. The Hall–Kier alpha value is -1.33. The third-order valence-electron chi connectivity index (χ3n) is 3.91. The molecule has 1 aliphatic rings. The van der Waals surface area contributed by atoms with Crippen LogP contribution in [0.15, 0.2) is 42.7 Å². The SMILES string of the molecule is Clc1cc(Cl)cc(OCCN2CCNCC2c2cccnc2)c1. The number of piperazine rings is 1. The molecule has 1 N–H and O–H groups in total. The van der Waals surface area contributed by atoms with Crippen molar-refractivity contribution in [3.8, 4) is 5.75 Å². The fourth-order valence-electron chi connectivity index (χ4n) is 2.81. The molecule has 6 heteroatoms. The van der Waals surface area contributed by atoms with Crippen molar-refractivity contribution in [2.45, 2.75) is 6.04 Å². The van der Waals surface area contributed by atoms with Gasteiger partial charge in [0.05, 0.1) is 0 Å². The van der Waals surface area contributed by atoms with Crippen molar-refractivity contribution in [2.75, 3.05) is 32.8 Å². The van der Waals surface area contributed by atoms with Crippen LogP contribution in [0.2, 0.25) is 10.0 Å². The van der Waals surface area contributed by atoms with Crippen LogP contribution < -0.4 is 10.1 Å². The van der Waals surface area contributed by atoms with Crippen molar-refractivity contribution in [3.05, 3.63) is 58.3 Å². The minimum Gasteiger partial charge on any atom is -0.492 e. The van der Waals surface area contributed by atoms with E-state index < -0.39 is 0 Å². The molecule has 0 saturated carbocycles. The molecule has 0 radical (unpaired) electrons. The van der Waals surface area contributed by atoms with Gasteiger partial charge in [0.1, 0.15) is 12.4 Å². The number of aromatic nitrogens is 1. The predicted molar refractivity (Wildman–Crippen MR) is 93.4 cm³/mol. The number of nitrogens with one attached hydrogen (secondary N) is 1. The fraction of sp³-hybridized carbons (Fsp3) is 0.353. The summed E-state index contributed by atoms with van der Waals surface area (Å²) in [5, 5.41) is 4.61. The van der Waals surface area contributed by atoms with Gasteiger partial charge in [-0.25, -0.2) is 0 Å². The van der Waals surface area contributed by atoms with Crippen LogP contribution in [0.1, 0.15) is 11.6 Å². The lowest BCUT2D eigenvalue weighted by Crippen LogP contribution is -2.47. The zero-order chi connectivity index (χ0) is 16.1. The van der Waals surface area contributed by atoms with E-state index in [1.54, 1.807) is 24.4 Å². The monoisotopic (exact) mass is 351 g/mol. The second-order valence-electron chi connectivity index (χ2n) is 5.50. The molecule has 1 aromatic heterocycles. The van der Waals surface area contributed by atoms with Gasteiger partial charge >= 0.3 is 0 Å². The summed E-state index contributed by atoms with van der Waals surface area (Å²) in [6.07, 6.45) is 3.73. The van der Waals surface area contributed by atoms with Gasteiger partial charge in [0.2, 0.25) is 0 Å². The average Bonchev–Trinajstić information content (AvgIpc) is 2.55. The van der Waals surface area contributed by atoms with Crippen molar-refractivity contribution in [1.29, 1.82) is 0 Å². The van der Waals surface area contributed by atoms with Crippen LogP contribution in [-0.2, 0) is 0 Å². The molecule has 1 unspecified atom stereocenters. The number of benzene rings is 1. The van der Waals surface area contributed by atoms with Crippen LogP contribution in [0.4, 0.5) is 0 Å². The molecule has 2 aromatic rings. The molecular weight excluding hydrogens is 333 g/mol. The minimum atomic E-state index is 0.323. The first-order chi connectivity index (χ1) is 11.2. The van der Waals surface area contributed by atoms with Gasteiger partial charge in [0.25, 0.3) is 0 Å². The summed E-state index contributed by atoms with van der Waals surface area (Å²) < 4.78 is 5.81. The Kier molecular flexibility index (Phi) is 5.73. The number of hydrogen-bond acceptors (Lipinski definition) is 4.